The second-order valence-corrected chi connectivity index (χ2v) is 6.40. The summed E-state index contributed by atoms with van der Waals surface area (Å²) in [6.07, 6.45) is 11.2. The Morgan fingerprint density at radius 2 is 1.67 bits per heavy atom. The maximum absolute atomic E-state index is 3.70. The molecule has 0 aromatic carbocycles. The Morgan fingerprint density at radius 3 is 2.22 bits per heavy atom. The molecular formula is C16H32N2. The molecule has 0 bridgehead atoms. The predicted octanol–water partition coefficient (Wildman–Crippen LogP) is 3.42. The third kappa shape index (κ3) is 4.55. The zero-order valence-corrected chi connectivity index (χ0v) is 12.5. The molecule has 2 heteroatoms. The van der Waals surface area contributed by atoms with Crippen LogP contribution in [-0.2, 0) is 0 Å². The van der Waals surface area contributed by atoms with Crippen LogP contribution in [0, 0.1) is 5.92 Å². The van der Waals surface area contributed by atoms with E-state index in [1.165, 1.54) is 71.0 Å². The van der Waals surface area contributed by atoms with Gasteiger partial charge in [-0.3, -0.25) is 0 Å². The molecule has 2 aliphatic carbocycles. The predicted molar refractivity (Wildman–Crippen MR) is 78.9 cm³/mol. The van der Waals surface area contributed by atoms with Crippen molar-refractivity contribution in [1.82, 2.24) is 10.2 Å². The van der Waals surface area contributed by atoms with Crippen LogP contribution in [0.3, 0.4) is 0 Å². The molecule has 0 spiro atoms. The first-order valence-electron chi connectivity index (χ1n) is 8.30. The van der Waals surface area contributed by atoms with Crippen LogP contribution in [0.25, 0.3) is 0 Å². The quantitative estimate of drug-likeness (QED) is 0.712. The molecule has 2 nitrogen and oxygen atoms in total. The minimum absolute atomic E-state index is 0.811. The van der Waals surface area contributed by atoms with Crippen LogP contribution in [0.15, 0.2) is 0 Å². The normalized spacial score (nSPS) is 28.8. The molecule has 0 aromatic heterocycles. The van der Waals surface area contributed by atoms with E-state index in [0.717, 1.165) is 18.0 Å². The topological polar surface area (TPSA) is 15.3 Å². The standard InChI is InChI=1S/C16H32N2/c1-3-11-17-15-7-9-16(10-8-15)18(12-4-2)13-14-5-6-14/h14-17H,3-13H2,1-2H3. The van der Waals surface area contributed by atoms with E-state index < -0.39 is 0 Å². The van der Waals surface area contributed by atoms with Crippen molar-refractivity contribution >= 4 is 0 Å². The zero-order chi connectivity index (χ0) is 12.8. The van der Waals surface area contributed by atoms with E-state index in [0.29, 0.717) is 0 Å². The third-order valence-corrected chi connectivity index (χ3v) is 4.60. The molecule has 0 saturated heterocycles. The first-order valence-corrected chi connectivity index (χ1v) is 8.30. The highest BCUT2D eigenvalue weighted by Gasteiger charge is 2.30. The summed E-state index contributed by atoms with van der Waals surface area (Å²) < 4.78 is 0. The van der Waals surface area contributed by atoms with Gasteiger partial charge in [0.25, 0.3) is 0 Å². The van der Waals surface area contributed by atoms with Gasteiger partial charge in [-0.05, 0) is 70.4 Å². The highest BCUT2D eigenvalue weighted by Crippen LogP contribution is 2.32. The van der Waals surface area contributed by atoms with E-state index >= 15 is 0 Å². The molecule has 0 atom stereocenters. The van der Waals surface area contributed by atoms with Crippen molar-refractivity contribution in [2.45, 2.75) is 77.3 Å². The number of hydrogen-bond acceptors (Lipinski definition) is 2. The van der Waals surface area contributed by atoms with Gasteiger partial charge in [0, 0.05) is 18.6 Å². The fourth-order valence-corrected chi connectivity index (χ4v) is 3.34. The van der Waals surface area contributed by atoms with E-state index in [9.17, 15) is 0 Å². The molecule has 2 fully saturated rings. The maximum atomic E-state index is 3.70. The van der Waals surface area contributed by atoms with Gasteiger partial charge in [-0.25, -0.2) is 0 Å². The second-order valence-electron chi connectivity index (χ2n) is 6.40. The third-order valence-electron chi connectivity index (χ3n) is 4.60. The first kappa shape index (κ1) is 14.3. The Labute approximate surface area is 114 Å². The summed E-state index contributed by atoms with van der Waals surface area (Å²) in [6, 6.07) is 1.70. The van der Waals surface area contributed by atoms with Gasteiger partial charge < -0.3 is 10.2 Å². The lowest BCUT2D eigenvalue weighted by Gasteiger charge is -2.37. The number of rotatable bonds is 8. The SMILES string of the molecule is CCCNC1CCC(N(CCC)CC2CC2)CC1. The molecule has 0 unspecified atom stereocenters. The van der Waals surface area contributed by atoms with Gasteiger partial charge in [-0.15, -0.1) is 0 Å². The smallest absolute Gasteiger partial charge is 0.00965 e. The lowest BCUT2D eigenvalue weighted by Crippen LogP contribution is -2.43. The van der Waals surface area contributed by atoms with Crippen molar-refractivity contribution < 1.29 is 0 Å². The Kier molecular flexibility index (Phi) is 5.97. The summed E-state index contributed by atoms with van der Waals surface area (Å²) in [6.45, 7) is 8.52. The molecule has 2 rings (SSSR count). The Morgan fingerprint density at radius 1 is 0.944 bits per heavy atom. The summed E-state index contributed by atoms with van der Waals surface area (Å²) in [5.41, 5.74) is 0. The molecule has 1 N–H and O–H groups in total. The minimum atomic E-state index is 0.811. The second kappa shape index (κ2) is 7.49. The van der Waals surface area contributed by atoms with Gasteiger partial charge in [-0.2, -0.15) is 0 Å². The van der Waals surface area contributed by atoms with Gasteiger partial charge in [0.05, 0.1) is 0 Å². The molecule has 0 amide bonds. The average molecular weight is 252 g/mol. The summed E-state index contributed by atoms with van der Waals surface area (Å²) in [7, 11) is 0. The van der Waals surface area contributed by atoms with Crippen molar-refractivity contribution in [3.63, 3.8) is 0 Å². The van der Waals surface area contributed by atoms with Gasteiger partial charge in [0.2, 0.25) is 0 Å². The summed E-state index contributed by atoms with van der Waals surface area (Å²) in [4.78, 5) is 2.81. The van der Waals surface area contributed by atoms with Gasteiger partial charge in [-0.1, -0.05) is 13.8 Å². The van der Waals surface area contributed by atoms with Crippen LogP contribution in [0.4, 0.5) is 0 Å². The van der Waals surface area contributed by atoms with Crippen LogP contribution in [0.1, 0.15) is 65.2 Å². The van der Waals surface area contributed by atoms with Crippen molar-refractivity contribution in [2.24, 2.45) is 5.92 Å². The van der Waals surface area contributed by atoms with Crippen molar-refractivity contribution in [2.75, 3.05) is 19.6 Å². The largest absolute Gasteiger partial charge is 0.314 e. The Balaban J connectivity index is 1.71. The zero-order valence-electron chi connectivity index (χ0n) is 12.5. The molecule has 2 saturated carbocycles. The van der Waals surface area contributed by atoms with Crippen LogP contribution in [0.2, 0.25) is 0 Å². The molecule has 2 aliphatic rings. The Bertz CT molecular complexity index is 217. The molecule has 0 radical (unpaired) electrons. The maximum Gasteiger partial charge on any atom is 0.00965 e. The first-order chi connectivity index (χ1) is 8.83. The highest BCUT2D eigenvalue weighted by atomic mass is 15.2. The van der Waals surface area contributed by atoms with Crippen molar-refractivity contribution in [3.05, 3.63) is 0 Å². The fraction of sp³-hybridized carbons (Fsp3) is 1.00. The van der Waals surface area contributed by atoms with E-state index in [2.05, 4.69) is 24.1 Å². The molecule has 106 valence electrons. The number of nitrogens with zero attached hydrogens (tertiary/aromatic N) is 1. The van der Waals surface area contributed by atoms with Crippen LogP contribution in [-0.4, -0.2) is 36.6 Å². The lowest BCUT2D eigenvalue weighted by molar-refractivity contribution is 0.138. The molecule has 18 heavy (non-hydrogen) atoms. The number of nitrogens with one attached hydrogen (secondary N) is 1. The monoisotopic (exact) mass is 252 g/mol. The van der Waals surface area contributed by atoms with Crippen LogP contribution >= 0.6 is 0 Å². The fourth-order valence-electron chi connectivity index (χ4n) is 3.34. The van der Waals surface area contributed by atoms with E-state index in [1.807, 2.05) is 0 Å². The molecule has 0 aromatic rings. The molecular weight excluding hydrogens is 220 g/mol. The van der Waals surface area contributed by atoms with E-state index in [-0.39, 0.29) is 0 Å². The molecule has 0 heterocycles. The van der Waals surface area contributed by atoms with Crippen molar-refractivity contribution in [1.29, 1.82) is 0 Å². The lowest BCUT2D eigenvalue weighted by atomic mass is 9.89. The highest BCUT2D eigenvalue weighted by molar-refractivity contribution is 4.86. The molecule has 0 aliphatic heterocycles. The van der Waals surface area contributed by atoms with Gasteiger partial charge >= 0.3 is 0 Å². The summed E-state index contributed by atoms with van der Waals surface area (Å²) in [5.74, 6) is 1.05. The number of hydrogen-bond donors (Lipinski definition) is 1. The van der Waals surface area contributed by atoms with E-state index in [4.69, 9.17) is 0 Å². The minimum Gasteiger partial charge on any atom is -0.314 e. The summed E-state index contributed by atoms with van der Waals surface area (Å²) >= 11 is 0. The van der Waals surface area contributed by atoms with Gasteiger partial charge in [0.1, 0.15) is 0 Å². The van der Waals surface area contributed by atoms with Crippen LogP contribution < -0.4 is 5.32 Å². The van der Waals surface area contributed by atoms with Crippen molar-refractivity contribution in [3.8, 4) is 0 Å². The Hall–Kier alpha value is -0.0800. The van der Waals surface area contributed by atoms with E-state index in [1.54, 1.807) is 0 Å². The van der Waals surface area contributed by atoms with Gasteiger partial charge in [0.15, 0.2) is 0 Å². The summed E-state index contributed by atoms with van der Waals surface area (Å²) in [5, 5.41) is 3.70. The average Bonchev–Trinajstić information content (AvgIpc) is 3.20. The van der Waals surface area contributed by atoms with Crippen LogP contribution in [0.5, 0.6) is 0 Å².